The highest BCUT2D eigenvalue weighted by molar-refractivity contribution is 5.71. The van der Waals surface area contributed by atoms with Crippen LogP contribution < -0.4 is 0 Å². The second-order valence-corrected chi connectivity index (χ2v) is 24.9. The Morgan fingerprint density at radius 3 is 0.695 bits per heavy atom. The maximum atomic E-state index is 13.0. The van der Waals surface area contributed by atoms with Gasteiger partial charge >= 0.3 is 17.9 Å². The van der Waals surface area contributed by atoms with Crippen LogP contribution in [0.4, 0.5) is 0 Å². The van der Waals surface area contributed by atoms with Gasteiger partial charge in [-0.25, -0.2) is 0 Å². The molecule has 0 heterocycles. The zero-order chi connectivity index (χ0) is 59.2. The van der Waals surface area contributed by atoms with Gasteiger partial charge in [0.15, 0.2) is 6.10 Å². The van der Waals surface area contributed by atoms with Crippen LogP contribution >= 0.6 is 0 Å². The summed E-state index contributed by atoms with van der Waals surface area (Å²) >= 11 is 0. The lowest BCUT2D eigenvalue weighted by Crippen LogP contribution is -2.30. The summed E-state index contributed by atoms with van der Waals surface area (Å²) in [5.41, 5.74) is 0. The normalized spacial score (nSPS) is 12.3. The maximum absolute atomic E-state index is 13.0. The molecular weight excluding hydrogens is 1010 g/mol. The van der Waals surface area contributed by atoms with Crippen LogP contribution in [0.2, 0.25) is 0 Å². The Balaban J connectivity index is 4.28. The standard InChI is InChI=1S/C76H140O6/c1-4-7-10-13-16-19-22-25-28-30-32-34-36-38-40-41-43-45-48-51-54-57-60-63-66-69-75(78)81-72-73(71-80-74(77)68-65-62-59-56-53-50-47-27-24-21-18-15-12-9-6-3)82-76(79)70-67-64-61-58-55-52-49-46-44-42-39-37-35-33-31-29-26-23-20-17-14-11-8-5-2/h22,25,27,30,32,36,38,47,73H,4-21,23-24,26,28-29,31,33-35,37,39-46,48-72H2,1-3H3/b25-22-,32-30-,38-36-,47-27-. The fourth-order valence-electron chi connectivity index (χ4n) is 11.0. The third-order valence-corrected chi connectivity index (χ3v) is 16.6. The highest BCUT2D eigenvalue weighted by Gasteiger charge is 2.19. The van der Waals surface area contributed by atoms with Crippen molar-refractivity contribution < 1.29 is 28.6 Å². The number of hydrogen-bond donors (Lipinski definition) is 0. The van der Waals surface area contributed by atoms with Gasteiger partial charge in [0.1, 0.15) is 13.2 Å². The summed E-state index contributed by atoms with van der Waals surface area (Å²) in [5, 5.41) is 0. The minimum atomic E-state index is -0.778. The van der Waals surface area contributed by atoms with Crippen LogP contribution in [0, 0.1) is 0 Å². The average molecular weight is 1150 g/mol. The maximum Gasteiger partial charge on any atom is 0.306 e. The quantitative estimate of drug-likeness (QED) is 0.0261. The van der Waals surface area contributed by atoms with Crippen molar-refractivity contribution in [2.75, 3.05) is 13.2 Å². The van der Waals surface area contributed by atoms with Crippen molar-refractivity contribution in [1.29, 1.82) is 0 Å². The molecule has 0 aromatic heterocycles. The molecule has 0 amide bonds. The van der Waals surface area contributed by atoms with Crippen LogP contribution in [-0.4, -0.2) is 37.2 Å². The number of ether oxygens (including phenoxy) is 3. The highest BCUT2D eigenvalue weighted by atomic mass is 16.6. The van der Waals surface area contributed by atoms with E-state index in [1.54, 1.807) is 0 Å². The molecule has 0 radical (unpaired) electrons. The lowest BCUT2D eigenvalue weighted by atomic mass is 10.0. The van der Waals surface area contributed by atoms with Gasteiger partial charge in [-0.05, 0) is 83.5 Å². The molecule has 0 aromatic carbocycles. The van der Waals surface area contributed by atoms with Gasteiger partial charge < -0.3 is 14.2 Å². The molecule has 0 aliphatic rings. The van der Waals surface area contributed by atoms with Crippen LogP contribution in [-0.2, 0) is 28.6 Å². The van der Waals surface area contributed by atoms with Gasteiger partial charge in [-0.2, -0.15) is 0 Å². The second-order valence-electron chi connectivity index (χ2n) is 24.9. The first-order valence-corrected chi connectivity index (χ1v) is 36.6. The summed E-state index contributed by atoms with van der Waals surface area (Å²) in [4.78, 5) is 38.5. The van der Waals surface area contributed by atoms with E-state index in [0.29, 0.717) is 19.3 Å². The summed E-state index contributed by atoms with van der Waals surface area (Å²) < 4.78 is 17.0. The van der Waals surface area contributed by atoms with Crippen molar-refractivity contribution >= 4 is 17.9 Å². The number of esters is 3. The Labute approximate surface area is 511 Å². The highest BCUT2D eigenvalue weighted by Crippen LogP contribution is 2.18. The van der Waals surface area contributed by atoms with Gasteiger partial charge in [0.2, 0.25) is 0 Å². The van der Waals surface area contributed by atoms with Gasteiger partial charge in [-0.1, -0.05) is 345 Å². The molecule has 480 valence electrons. The first-order valence-electron chi connectivity index (χ1n) is 36.6. The average Bonchev–Trinajstić information content (AvgIpc) is 3.47. The number of unbranched alkanes of at least 4 members (excludes halogenated alkanes) is 49. The zero-order valence-electron chi connectivity index (χ0n) is 55.3. The smallest absolute Gasteiger partial charge is 0.306 e. The van der Waals surface area contributed by atoms with Crippen molar-refractivity contribution in [3.8, 4) is 0 Å². The molecule has 0 aromatic rings. The SMILES string of the molecule is CCCCCCC/C=C\C/C=C\C/C=C\CCCCCCCCCCCCC(=O)OCC(COC(=O)CCCCCCC/C=C\CCCCCCCC)OC(=O)CCCCCCCCCCCCCCCCCCCCCCCCCC. The molecule has 0 saturated heterocycles. The largest absolute Gasteiger partial charge is 0.462 e. The predicted molar refractivity (Wildman–Crippen MR) is 358 cm³/mol. The first-order chi connectivity index (χ1) is 40.5. The van der Waals surface area contributed by atoms with Gasteiger partial charge in [0.25, 0.3) is 0 Å². The van der Waals surface area contributed by atoms with Crippen molar-refractivity contribution in [2.45, 2.75) is 406 Å². The summed E-state index contributed by atoms with van der Waals surface area (Å²) in [6, 6.07) is 0. The van der Waals surface area contributed by atoms with Crippen LogP contribution in [0.5, 0.6) is 0 Å². The van der Waals surface area contributed by atoms with E-state index in [0.717, 1.165) is 77.0 Å². The van der Waals surface area contributed by atoms with E-state index in [1.807, 2.05) is 0 Å². The van der Waals surface area contributed by atoms with Crippen molar-refractivity contribution in [3.63, 3.8) is 0 Å². The number of rotatable bonds is 68. The molecule has 0 fully saturated rings. The molecule has 1 unspecified atom stereocenters. The van der Waals surface area contributed by atoms with Crippen LogP contribution in [0.25, 0.3) is 0 Å². The van der Waals surface area contributed by atoms with E-state index in [-0.39, 0.29) is 31.1 Å². The van der Waals surface area contributed by atoms with Gasteiger partial charge in [-0.3, -0.25) is 14.4 Å². The molecule has 6 nitrogen and oxygen atoms in total. The van der Waals surface area contributed by atoms with E-state index in [9.17, 15) is 14.4 Å². The molecule has 0 spiro atoms. The van der Waals surface area contributed by atoms with Crippen molar-refractivity contribution in [2.24, 2.45) is 0 Å². The van der Waals surface area contributed by atoms with E-state index < -0.39 is 6.10 Å². The van der Waals surface area contributed by atoms with Crippen molar-refractivity contribution in [3.05, 3.63) is 48.6 Å². The van der Waals surface area contributed by atoms with E-state index >= 15 is 0 Å². The number of hydrogen-bond acceptors (Lipinski definition) is 6. The van der Waals surface area contributed by atoms with E-state index in [4.69, 9.17) is 14.2 Å². The van der Waals surface area contributed by atoms with E-state index in [2.05, 4.69) is 69.4 Å². The number of carbonyl (C=O) groups is 3. The van der Waals surface area contributed by atoms with Crippen LogP contribution in [0.1, 0.15) is 400 Å². The third kappa shape index (κ3) is 68.2. The number of allylic oxidation sites excluding steroid dienone is 8. The zero-order valence-corrected chi connectivity index (χ0v) is 55.3. The number of carbonyl (C=O) groups excluding carboxylic acids is 3. The molecule has 0 aliphatic heterocycles. The van der Waals surface area contributed by atoms with Gasteiger partial charge in [-0.15, -0.1) is 0 Å². The Kier molecular flexibility index (Phi) is 68.6. The minimum absolute atomic E-state index is 0.0736. The molecule has 0 aliphatic carbocycles. The topological polar surface area (TPSA) is 78.9 Å². The minimum Gasteiger partial charge on any atom is -0.462 e. The Hall–Kier alpha value is -2.63. The Morgan fingerprint density at radius 1 is 0.244 bits per heavy atom. The Morgan fingerprint density at radius 2 is 0.439 bits per heavy atom. The molecule has 0 bridgehead atoms. The van der Waals surface area contributed by atoms with Crippen LogP contribution in [0.15, 0.2) is 48.6 Å². The van der Waals surface area contributed by atoms with Gasteiger partial charge in [0, 0.05) is 19.3 Å². The van der Waals surface area contributed by atoms with Crippen molar-refractivity contribution in [1.82, 2.24) is 0 Å². The first kappa shape index (κ1) is 79.4. The second kappa shape index (κ2) is 70.9. The lowest BCUT2D eigenvalue weighted by molar-refractivity contribution is -0.167. The molecule has 82 heavy (non-hydrogen) atoms. The summed E-state index contributed by atoms with van der Waals surface area (Å²) in [6.45, 7) is 6.69. The Bertz CT molecular complexity index is 1410. The fraction of sp³-hybridized carbons (Fsp3) is 0.855. The fourth-order valence-corrected chi connectivity index (χ4v) is 11.0. The summed E-state index contributed by atoms with van der Waals surface area (Å²) in [7, 11) is 0. The summed E-state index contributed by atoms with van der Waals surface area (Å²) in [5.74, 6) is -0.857. The van der Waals surface area contributed by atoms with E-state index in [1.165, 1.54) is 283 Å². The monoisotopic (exact) mass is 1150 g/mol. The molecule has 1 atom stereocenters. The van der Waals surface area contributed by atoms with Gasteiger partial charge in [0.05, 0.1) is 0 Å². The molecule has 0 saturated carbocycles. The molecule has 0 N–H and O–H groups in total. The lowest BCUT2D eigenvalue weighted by Gasteiger charge is -2.18. The third-order valence-electron chi connectivity index (χ3n) is 16.6. The predicted octanol–water partition coefficient (Wildman–Crippen LogP) is 25.3. The van der Waals surface area contributed by atoms with Crippen LogP contribution in [0.3, 0.4) is 0 Å². The molecule has 0 rings (SSSR count). The molecule has 6 heteroatoms. The molecular formula is C76H140O6. The summed E-state index contributed by atoms with van der Waals surface area (Å²) in [6.07, 6.45) is 90.0.